The van der Waals surface area contributed by atoms with Gasteiger partial charge in [-0.15, -0.1) is 21.5 Å². The summed E-state index contributed by atoms with van der Waals surface area (Å²) in [6, 6.07) is 0. The Kier molecular flexibility index (Phi) is 4.03. The van der Waals surface area contributed by atoms with Crippen LogP contribution in [0.2, 0.25) is 0 Å². The fourth-order valence-electron chi connectivity index (χ4n) is 1.51. The quantitative estimate of drug-likeness (QED) is 0.936. The highest BCUT2D eigenvalue weighted by molar-refractivity contribution is 7.16. The van der Waals surface area contributed by atoms with Gasteiger partial charge >= 0.3 is 0 Å². The fourth-order valence-corrected chi connectivity index (χ4v) is 3.17. The molecule has 0 aromatic carbocycles. The second-order valence-corrected chi connectivity index (χ2v) is 6.12. The molecule has 1 amide bonds. The van der Waals surface area contributed by atoms with Crippen molar-refractivity contribution in [1.29, 1.82) is 0 Å². The number of hydrogen-bond donors (Lipinski definition) is 1. The van der Waals surface area contributed by atoms with Gasteiger partial charge < -0.3 is 0 Å². The van der Waals surface area contributed by atoms with E-state index in [9.17, 15) is 4.79 Å². The molecule has 2 heterocycles. The molecule has 0 unspecified atom stereocenters. The fraction of sp³-hybridized carbons (Fsp3) is 0.455. The van der Waals surface area contributed by atoms with E-state index < -0.39 is 0 Å². The number of carbonyl (C=O) groups is 1. The van der Waals surface area contributed by atoms with Crippen LogP contribution >= 0.6 is 22.7 Å². The lowest BCUT2D eigenvalue weighted by Gasteiger charge is -1.97. The monoisotopic (exact) mass is 282 g/mol. The molecular weight excluding hydrogens is 268 g/mol. The lowest BCUT2D eigenvalue weighted by Crippen LogP contribution is -2.11. The normalized spacial score (nSPS) is 10.6. The largest absolute Gasteiger partial charge is 0.296 e. The molecule has 5 nitrogen and oxygen atoms in total. The third-order valence-corrected chi connectivity index (χ3v) is 4.23. The van der Waals surface area contributed by atoms with Gasteiger partial charge in [0.05, 0.1) is 10.7 Å². The molecule has 7 heteroatoms. The molecule has 96 valence electrons. The van der Waals surface area contributed by atoms with Crippen LogP contribution in [0.15, 0.2) is 0 Å². The lowest BCUT2D eigenvalue weighted by atomic mass is 10.4. The van der Waals surface area contributed by atoms with Crippen molar-refractivity contribution in [2.24, 2.45) is 0 Å². The van der Waals surface area contributed by atoms with E-state index in [1.165, 1.54) is 22.7 Å². The van der Waals surface area contributed by atoms with E-state index in [1.807, 2.05) is 13.8 Å². The van der Waals surface area contributed by atoms with Crippen LogP contribution < -0.4 is 5.32 Å². The molecule has 2 aromatic heterocycles. The molecule has 0 saturated carbocycles. The third kappa shape index (κ3) is 2.91. The first-order valence-electron chi connectivity index (χ1n) is 5.68. The summed E-state index contributed by atoms with van der Waals surface area (Å²) in [7, 11) is 0. The number of carbonyl (C=O) groups excluding carboxylic acids is 1. The maximum atomic E-state index is 12.0. The number of thiazole rings is 1. The number of amides is 1. The average molecular weight is 282 g/mol. The van der Waals surface area contributed by atoms with Crippen molar-refractivity contribution in [2.45, 2.75) is 33.6 Å². The Morgan fingerprint density at radius 2 is 2.06 bits per heavy atom. The Labute approximate surface area is 113 Å². The van der Waals surface area contributed by atoms with Gasteiger partial charge in [-0.3, -0.25) is 10.1 Å². The van der Waals surface area contributed by atoms with Crippen molar-refractivity contribution in [2.75, 3.05) is 5.32 Å². The number of nitrogens with one attached hydrogen (secondary N) is 1. The predicted octanol–water partition coefficient (Wildman–Crippen LogP) is 2.82. The molecule has 2 aromatic rings. The minimum Gasteiger partial charge on any atom is -0.296 e. The second-order valence-electron chi connectivity index (χ2n) is 3.85. The molecule has 0 atom stereocenters. The minimum atomic E-state index is -0.155. The van der Waals surface area contributed by atoms with Crippen LogP contribution in [-0.4, -0.2) is 21.1 Å². The Hall–Kier alpha value is -1.34. The standard InChI is InChI=1S/C11H14N4OS2/c1-4-5-8-14-15-11(18-8)13-10(16)9-6(2)12-7(3)17-9/h4-5H2,1-3H3,(H,13,15,16). The summed E-state index contributed by atoms with van der Waals surface area (Å²) in [6.45, 7) is 5.81. The summed E-state index contributed by atoms with van der Waals surface area (Å²) in [4.78, 5) is 16.9. The highest BCUT2D eigenvalue weighted by atomic mass is 32.1. The Bertz CT molecular complexity index is 561. The van der Waals surface area contributed by atoms with Crippen molar-refractivity contribution in [1.82, 2.24) is 15.2 Å². The molecule has 0 aliphatic carbocycles. The van der Waals surface area contributed by atoms with Gasteiger partial charge in [0.2, 0.25) is 5.13 Å². The zero-order valence-corrected chi connectivity index (χ0v) is 12.1. The zero-order valence-electron chi connectivity index (χ0n) is 10.5. The van der Waals surface area contributed by atoms with Crippen molar-refractivity contribution >= 4 is 33.7 Å². The van der Waals surface area contributed by atoms with Gasteiger partial charge in [-0.25, -0.2) is 4.98 Å². The highest BCUT2D eigenvalue weighted by Gasteiger charge is 2.15. The number of aromatic nitrogens is 3. The first-order valence-corrected chi connectivity index (χ1v) is 7.31. The van der Waals surface area contributed by atoms with Crippen LogP contribution in [0, 0.1) is 13.8 Å². The number of aryl methyl sites for hydroxylation is 3. The van der Waals surface area contributed by atoms with E-state index in [-0.39, 0.29) is 5.91 Å². The smallest absolute Gasteiger partial charge is 0.269 e. The van der Waals surface area contributed by atoms with Crippen LogP contribution in [0.1, 0.15) is 38.7 Å². The maximum absolute atomic E-state index is 12.0. The minimum absolute atomic E-state index is 0.155. The molecular formula is C11H14N4OS2. The first-order chi connectivity index (χ1) is 8.60. The Balaban J connectivity index is 2.08. The Morgan fingerprint density at radius 3 is 2.67 bits per heavy atom. The van der Waals surface area contributed by atoms with Gasteiger partial charge in [-0.2, -0.15) is 0 Å². The second kappa shape index (κ2) is 5.53. The number of hydrogen-bond acceptors (Lipinski definition) is 6. The summed E-state index contributed by atoms with van der Waals surface area (Å²) in [5.74, 6) is -0.155. The van der Waals surface area contributed by atoms with Crippen LogP contribution in [0.25, 0.3) is 0 Å². The number of anilines is 1. The zero-order chi connectivity index (χ0) is 13.1. The molecule has 0 aliphatic rings. The first kappa shape index (κ1) is 13.1. The van der Waals surface area contributed by atoms with Crippen molar-refractivity contribution in [3.8, 4) is 0 Å². The van der Waals surface area contributed by atoms with Gasteiger partial charge in [0.1, 0.15) is 9.88 Å². The van der Waals surface area contributed by atoms with Gasteiger partial charge in [0.25, 0.3) is 5.91 Å². The summed E-state index contributed by atoms with van der Waals surface area (Å²) in [5, 5.41) is 13.1. The molecule has 0 fully saturated rings. The molecule has 1 N–H and O–H groups in total. The average Bonchev–Trinajstić information content (AvgIpc) is 2.86. The van der Waals surface area contributed by atoms with E-state index >= 15 is 0 Å². The van der Waals surface area contributed by atoms with Crippen LogP contribution in [-0.2, 0) is 6.42 Å². The van der Waals surface area contributed by atoms with Crippen molar-refractivity contribution in [3.05, 3.63) is 20.6 Å². The van der Waals surface area contributed by atoms with Crippen LogP contribution in [0.5, 0.6) is 0 Å². The molecule has 0 saturated heterocycles. The molecule has 18 heavy (non-hydrogen) atoms. The van der Waals surface area contributed by atoms with Gasteiger partial charge in [0.15, 0.2) is 0 Å². The topological polar surface area (TPSA) is 67.8 Å². The van der Waals surface area contributed by atoms with Crippen LogP contribution in [0.4, 0.5) is 5.13 Å². The number of nitrogens with zero attached hydrogens (tertiary/aromatic N) is 3. The summed E-state index contributed by atoms with van der Waals surface area (Å²) in [6.07, 6.45) is 1.92. The van der Waals surface area contributed by atoms with Crippen LogP contribution in [0.3, 0.4) is 0 Å². The summed E-state index contributed by atoms with van der Waals surface area (Å²) < 4.78 is 0. The predicted molar refractivity (Wildman–Crippen MR) is 73.4 cm³/mol. The molecule has 0 aliphatic heterocycles. The summed E-state index contributed by atoms with van der Waals surface area (Å²) in [5.41, 5.74) is 0.758. The van der Waals surface area contributed by atoms with Gasteiger partial charge in [-0.1, -0.05) is 18.3 Å². The van der Waals surface area contributed by atoms with E-state index in [4.69, 9.17) is 0 Å². The lowest BCUT2D eigenvalue weighted by molar-refractivity contribution is 0.102. The highest BCUT2D eigenvalue weighted by Crippen LogP contribution is 2.21. The van der Waals surface area contributed by atoms with E-state index in [0.29, 0.717) is 10.0 Å². The summed E-state index contributed by atoms with van der Waals surface area (Å²) >= 11 is 2.82. The van der Waals surface area contributed by atoms with E-state index in [0.717, 1.165) is 28.6 Å². The Morgan fingerprint density at radius 1 is 1.28 bits per heavy atom. The number of rotatable bonds is 4. The van der Waals surface area contributed by atoms with E-state index in [1.54, 1.807) is 0 Å². The van der Waals surface area contributed by atoms with Gasteiger partial charge in [0, 0.05) is 6.42 Å². The SMILES string of the molecule is CCCc1nnc(NC(=O)c2sc(C)nc2C)s1. The van der Waals surface area contributed by atoms with Crippen molar-refractivity contribution in [3.63, 3.8) is 0 Å². The van der Waals surface area contributed by atoms with Crippen molar-refractivity contribution < 1.29 is 4.79 Å². The molecule has 0 bridgehead atoms. The molecule has 0 radical (unpaired) electrons. The maximum Gasteiger partial charge on any atom is 0.269 e. The van der Waals surface area contributed by atoms with Gasteiger partial charge in [-0.05, 0) is 20.3 Å². The molecule has 2 rings (SSSR count). The molecule has 0 spiro atoms. The third-order valence-electron chi connectivity index (χ3n) is 2.26. The van der Waals surface area contributed by atoms with E-state index in [2.05, 4.69) is 27.4 Å².